The van der Waals surface area contributed by atoms with Crippen molar-refractivity contribution < 1.29 is 13.2 Å². The van der Waals surface area contributed by atoms with Crippen LogP contribution in [-0.4, -0.2) is 26.6 Å². The topological polar surface area (TPSA) is 63.2 Å². The molecule has 0 saturated heterocycles. The van der Waals surface area contributed by atoms with Crippen LogP contribution >= 0.6 is 0 Å². The van der Waals surface area contributed by atoms with Crippen LogP contribution in [0.3, 0.4) is 0 Å². The van der Waals surface area contributed by atoms with Crippen molar-refractivity contribution >= 4 is 15.7 Å². The van der Waals surface area contributed by atoms with Crippen molar-refractivity contribution in [3.8, 4) is 0 Å². The first-order valence-electron chi connectivity index (χ1n) is 7.73. The molecule has 1 aromatic carbocycles. The molecule has 0 spiro atoms. The molecule has 1 aromatic rings. The molecule has 5 heteroatoms. The number of rotatable bonds is 8. The lowest BCUT2D eigenvalue weighted by molar-refractivity contribution is -0.121. The third-order valence-corrected chi connectivity index (χ3v) is 5.43. The predicted octanol–water partition coefficient (Wildman–Crippen LogP) is 2.46. The Morgan fingerprint density at radius 1 is 1.23 bits per heavy atom. The van der Waals surface area contributed by atoms with Gasteiger partial charge in [0.2, 0.25) is 5.91 Å². The minimum Gasteiger partial charge on any atom is -0.356 e. The number of carbonyl (C=O) groups excluding carboxylic acids is 1. The first-order chi connectivity index (χ1) is 10.6. The summed E-state index contributed by atoms with van der Waals surface area (Å²) in [7, 11) is -3.12. The molecule has 1 aliphatic rings. The fourth-order valence-electron chi connectivity index (χ4n) is 2.60. The van der Waals surface area contributed by atoms with Gasteiger partial charge in [-0.05, 0) is 30.7 Å². The Morgan fingerprint density at radius 3 is 2.68 bits per heavy atom. The average molecular weight is 321 g/mol. The number of benzene rings is 1. The molecular weight excluding hydrogens is 298 g/mol. The van der Waals surface area contributed by atoms with E-state index in [-0.39, 0.29) is 17.4 Å². The standard InChI is InChI=1S/C17H23NO3S/c19-17(13-15-7-4-5-8-15)18-11-6-12-22(20,21)14-16-9-2-1-3-10-16/h1-4,7,9-10,15H,5-6,8,11-14H2,(H,18,19)/t15-/m1/s1. The van der Waals surface area contributed by atoms with Gasteiger partial charge in [-0.15, -0.1) is 0 Å². The van der Waals surface area contributed by atoms with Crippen LogP contribution in [0.15, 0.2) is 42.5 Å². The van der Waals surface area contributed by atoms with E-state index in [1.807, 2.05) is 30.3 Å². The van der Waals surface area contributed by atoms with Gasteiger partial charge < -0.3 is 5.32 Å². The molecule has 0 aliphatic heterocycles. The molecule has 2 rings (SSSR count). The molecule has 1 atom stereocenters. The number of amides is 1. The van der Waals surface area contributed by atoms with Gasteiger partial charge in [-0.25, -0.2) is 8.42 Å². The monoisotopic (exact) mass is 321 g/mol. The van der Waals surface area contributed by atoms with E-state index in [2.05, 4.69) is 17.5 Å². The van der Waals surface area contributed by atoms with Gasteiger partial charge >= 0.3 is 0 Å². The Morgan fingerprint density at radius 2 is 2.00 bits per heavy atom. The zero-order valence-corrected chi connectivity index (χ0v) is 13.5. The predicted molar refractivity (Wildman–Crippen MR) is 88.0 cm³/mol. The van der Waals surface area contributed by atoms with Crippen LogP contribution in [0, 0.1) is 5.92 Å². The normalized spacial score (nSPS) is 17.5. The number of hydrogen-bond acceptors (Lipinski definition) is 3. The summed E-state index contributed by atoms with van der Waals surface area (Å²) < 4.78 is 24.0. The zero-order chi connectivity index (χ0) is 15.8. The van der Waals surface area contributed by atoms with Crippen molar-refractivity contribution in [2.75, 3.05) is 12.3 Å². The van der Waals surface area contributed by atoms with E-state index < -0.39 is 9.84 Å². The Labute approximate surface area is 132 Å². The van der Waals surface area contributed by atoms with Gasteiger partial charge in [0, 0.05) is 13.0 Å². The zero-order valence-electron chi connectivity index (χ0n) is 12.7. The molecule has 0 saturated carbocycles. The third-order valence-electron chi connectivity index (χ3n) is 3.74. The summed E-state index contributed by atoms with van der Waals surface area (Å²) in [5, 5.41) is 2.81. The fourth-order valence-corrected chi connectivity index (χ4v) is 4.02. The van der Waals surface area contributed by atoms with E-state index >= 15 is 0 Å². The highest BCUT2D eigenvalue weighted by Crippen LogP contribution is 2.19. The molecule has 0 radical (unpaired) electrons. The number of nitrogens with one attached hydrogen (secondary N) is 1. The molecule has 0 heterocycles. The summed E-state index contributed by atoms with van der Waals surface area (Å²) in [4.78, 5) is 11.7. The molecule has 1 amide bonds. The minimum absolute atomic E-state index is 0.0111. The van der Waals surface area contributed by atoms with Crippen LogP contribution in [0.25, 0.3) is 0 Å². The van der Waals surface area contributed by atoms with Gasteiger partial charge in [-0.3, -0.25) is 4.79 Å². The number of allylic oxidation sites excluding steroid dienone is 2. The van der Waals surface area contributed by atoms with Crippen LogP contribution in [0.5, 0.6) is 0 Å². The van der Waals surface area contributed by atoms with Crippen LogP contribution in [0.4, 0.5) is 0 Å². The van der Waals surface area contributed by atoms with E-state index in [1.165, 1.54) is 0 Å². The Hall–Kier alpha value is -1.62. The second-order valence-corrected chi connectivity index (χ2v) is 7.93. The summed E-state index contributed by atoms with van der Waals surface area (Å²) in [6.07, 6.45) is 7.25. The Balaban J connectivity index is 1.65. The highest BCUT2D eigenvalue weighted by atomic mass is 32.2. The SMILES string of the molecule is O=C(C[C@@H]1C=CCC1)NCCCS(=O)(=O)Cc1ccccc1. The van der Waals surface area contributed by atoms with Crippen molar-refractivity contribution in [2.45, 2.75) is 31.4 Å². The second kappa shape index (κ2) is 8.13. The molecule has 120 valence electrons. The van der Waals surface area contributed by atoms with E-state index in [4.69, 9.17) is 0 Å². The fraction of sp³-hybridized carbons (Fsp3) is 0.471. The summed E-state index contributed by atoms with van der Waals surface area (Å²) in [5.74, 6) is 0.527. The quantitative estimate of drug-likeness (QED) is 0.591. The molecule has 4 nitrogen and oxygen atoms in total. The van der Waals surface area contributed by atoms with E-state index in [1.54, 1.807) is 0 Å². The first kappa shape index (κ1) is 16.7. The lowest BCUT2D eigenvalue weighted by Gasteiger charge is -2.09. The lowest BCUT2D eigenvalue weighted by atomic mass is 10.1. The molecule has 1 aliphatic carbocycles. The van der Waals surface area contributed by atoms with Crippen LogP contribution in [0.1, 0.15) is 31.2 Å². The molecule has 0 bridgehead atoms. The lowest BCUT2D eigenvalue weighted by Crippen LogP contribution is -2.27. The van der Waals surface area contributed by atoms with Crippen molar-refractivity contribution in [3.63, 3.8) is 0 Å². The van der Waals surface area contributed by atoms with Gasteiger partial charge in [-0.1, -0.05) is 42.5 Å². The maximum atomic E-state index is 12.0. The van der Waals surface area contributed by atoms with Gasteiger partial charge in [-0.2, -0.15) is 0 Å². The van der Waals surface area contributed by atoms with Crippen LogP contribution < -0.4 is 5.32 Å². The van der Waals surface area contributed by atoms with Gasteiger partial charge in [0.05, 0.1) is 11.5 Å². The first-order valence-corrected chi connectivity index (χ1v) is 9.55. The molecule has 1 N–H and O–H groups in total. The Bertz CT molecular complexity index is 608. The van der Waals surface area contributed by atoms with E-state index in [0.29, 0.717) is 25.3 Å². The van der Waals surface area contributed by atoms with E-state index in [9.17, 15) is 13.2 Å². The van der Waals surface area contributed by atoms with Crippen molar-refractivity contribution in [1.82, 2.24) is 5.32 Å². The molecule has 0 aromatic heterocycles. The van der Waals surface area contributed by atoms with Gasteiger partial charge in [0.1, 0.15) is 0 Å². The van der Waals surface area contributed by atoms with Crippen LogP contribution in [0.2, 0.25) is 0 Å². The number of sulfone groups is 1. The largest absolute Gasteiger partial charge is 0.356 e. The van der Waals surface area contributed by atoms with Crippen molar-refractivity contribution in [2.24, 2.45) is 5.92 Å². The number of hydrogen-bond donors (Lipinski definition) is 1. The smallest absolute Gasteiger partial charge is 0.220 e. The highest BCUT2D eigenvalue weighted by molar-refractivity contribution is 7.90. The number of carbonyl (C=O) groups is 1. The van der Waals surface area contributed by atoms with Crippen LogP contribution in [-0.2, 0) is 20.4 Å². The second-order valence-electron chi connectivity index (χ2n) is 5.75. The summed E-state index contributed by atoms with van der Waals surface area (Å²) in [6.45, 7) is 0.420. The van der Waals surface area contributed by atoms with Gasteiger partial charge in [0.25, 0.3) is 0 Å². The average Bonchev–Trinajstić information content (AvgIpc) is 2.97. The third kappa shape index (κ3) is 6.02. The van der Waals surface area contributed by atoms with Gasteiger partial charge in [0.15, 0.2) is 9.84 Å². The van der Waals surface area contributed by atoms with Crippen molar-refractivity contribution in [1.29, 1.82) is 0 Å². The highest BCUT2D eigenvalue weighted by Gasteiger charge is 2.14. The summed E-state index contributed by atoms with van der Waals surface area (Å²) in [6, 6.07) is 9.17. The maximum Gasteiger partial charge on any atom is 0.220 e. The van der Waals surface area contributed by atoms with Crippen molar-refractivity contribution in [3.05, 3.63) is 48.0 Å². The molecular formula is C17H23NO3S. The van der Waals surface area contributed by atoms with E-state index in [0.717, 1.165) is 18.4 Å². The minimum atomic E-state index is -3.12. The Kier molecular flexibility index (Phi) is 6.19. The summed E-state index contributed by atoms with van der Waals surface area (Å²) >= 11 is 0. The molecule has 0 unspecified atom stereocenters. The molecule has 22 heavy (non-hydrogen) atoms. The summed E-state index contributed by atoms with van der Waals surface area (Å²) in [5.41, 5.74) is 0.805. The molecule has 0 fully saturated rings. The maximum absolute atomic E-state index is 12.0.